The number of aromatic nitrogens is 2. The van der Waals surface area contributed by atoms with Crippen molar-refractivity contribution >= 4 is 17.0 Å². The standard InChI is InChI=1S/C12H15N3OS/c1-12(2,3)15-8-4-9(11(16)14-5-8)10-6-13-7-17-10/h4-7,15H,1-3H3,(H,14,16). The fraction of sp³-hybridized carbons (Fsp3) is 0.333. The minimum atomic E-state index is -0.0892. The second-order valence-corrected chi connectivity index (χ2v) is 5.76. The Kier molecular flexibility index (Phi) is 3.02. The molecule has 0 aliphatic rings. The highest BCUT2D eigenvalue weighted by Gasteiger charge is 2.11. The van der Waals surface area contributed by atoms with Gasteiger partial charge in [-0.05, 0) is 26.8 Å². The van der Waals surface area contributed by atoms with E-state index in [4.69, 9.17) is 0 Å². The van der Waals surface area contributed by atoms with Gasteiger partial charge in [-0.1, -0.05) is 0 Å². The number of nitrogens with zero attached hydrogens (tertiary/aromatic N) is 1. The Bertz CT molecular complexity index is 552. The maximum atomic E-state index is 11.7. The van der Waals surface area contributed by atoms with Crippen molar-refractivity contribution in [1.82, 2.24) is 9.97 Å². The predicted octanol–water partition coefficient (Wildman–Crippen LogP) is 2.71. The van der Waals surface area contributed by atoms with Gasteiger partial charge in [0.25, 0.3) is 5.56 Å². The summed E-state index contributed by atoms with van der Waals surface area (Å²) in [4.78, 5) is 19.3. The zero-order chi connectivity index (χ0) is 12.5. The van der Waals surface area contributed by atoms with Crippen LogP contribution in [0.15, 0.2) is 28.8 Å². The number of hydrogen-bond acceptors (Lipinski definition) is 4. The van der Waals surface area contributed by atoms with Crippen molar-refractivity contribution in [3.05, 3.63) is 34.3 Å². The summed E-state index contributed by atoms with van der Waals surface area (Å²) in [5.74, 6) is 0. The van der Waals surface area contributed by atoms with Crippen LogP contribution in [0.5, 0.6) is 0 Å². The summed E-state index contributed by atoms with van der Waals surface area (Å²) in [6.07, 6.45) is 3.40. The first-order valence-corrected chi connectivity index (χ1v) is 6.23. The molecular formula is C12H15N3OS. The number of H-pyrrole nitrogens is 1. The first-order chi connectivity index (χ1) is 7.96. The molecule has 0 saturated heterocycles. The first kappa shape index (κ1) is 11.9. The van der Waals surface area contributed by atoms with Crippen LogP contribution >= 0.6 is 11.3 Å². The molecule has 0 atom stereocenters. The van der Waals surface area contributed by atoms with Gasteiger partial charge in [0.05, 0.1) is 21.6 Å². The fourth-order valence-electron chi connectivity index (χ4n) is 1.52. The molecule has 0 radical (unpaired) electrons. The van der Waals surface area contributed by atoms with E-state index >= 15 is 0 Å². The van der Waals surface area contributed by atoms with Crippen LogP contribution < -0.4 is 10.9 Å². The molecular weight excluding hydrogens is 234 g/mol. The van der Waals surface area contributed by atoms with Crippen LogP contribution in [0, 0.1) is 0 Å². The molecule has 0 unspecified atom stereocenters. The van der Waals surface area contributed by atoms with Crippen LogP contribution in [0.3, 0.4) is 0 Å². The number of hydrogen-bond donors (Lipinski definition) is 2. The van der Waals surface area contributed by atoms with Crippen molar-refractivity contribution < 1.29 is 0 Å². The fourth-order valence-corrected chi connectivity index (χ4v) is 2.16. The predicted molar refractivity (Wildman–Crippen MR) is 71.5 cm³/mol. The summed E-state index contributed by atoms with van der Waals surface area (Å²) < 4.78 is 0. The van der Waals surface area contributed by atoms with Crippen LogP contribution in [0.2, 0.25) is 0 Å². The van der Waals surface area contributed by atoms with Crippen LogP contribution in [0.1, 0.15) is 20.8 Å². The number of pyridine rings is 1. The minimum Gasteiger partial charge on any atom is -0.379 e. The summed E-state index contributed by atoms with van der Waals surface area (Å²) in [7, 11) is 0. The van der Waals surface area contributed by atoms with E-state index in [0.29, 0.717) is 5.56 Å². The summed E-state index contributed by atoms with van der Waals surface area (Å²) in [5, 5.41) is 3.32. The number of anilines is 1. The molecule has 0 bridgehead atoms. The molecule has 17 heavy (non-hydrogen) atoms. The van der Waals surface area contributed by atoms with E-state index in [2.05, 4.69) is 36.1 Å². The van der Waals surface area contributed by atoms with Gasteiger partial charge >= 0.3 is 0 Å². The summed E-state index contributed by atoms with van der Waals surface area (Å²) in [6.45, 7) is 6.22. The third-order valence-electron chi connectivity index (χ3n) is 2.12. The highest BCUT2D eigenvalue weighted by atomic mass is 32.1. The summed E-state index contributed by atoms with van der Waals surface area (Å²) >= 11 is 1.46. The van der Waals surface area contributed by atoms with Gasteiger partial charge in [0.15, 0.2) is 0 Å². The molecule has 0 aromatic carbocycles. The monoisotopic (exact) mass is 249 g/mol. The second-order valence-electron chi connectivity index (χ2n) is 4.87. The van der Waals surface area contributed by atoms with E-state index in [0.717, 1.165) is 10.6 Å². The summed E-state index contributed by atoms with van der Waals surface area (Å²) in [5.41, 5.74) is 3.15. The molecule has 4 nitrogen and oxygen atoms in total. The largest absolute Gasteiger partial charge is 0.379 e. The zero-order valence-corrected chi connectivity index (χ0v) is 10.9. The maximum absolute atomic E-state index is 11.7. The van der Waals surface area contributed by atoms with Gasteiger partial charge in [-0.3, -0.25) is 9.78 Å². The molecule has 0 aliphatic heterocycles. The van der Waals surface area contributed by atoms with Crippen molar-refractivity contribution in [3.63, 3.8) is 0 Å². The lowest BCUT2D eigenvalue weighted by molar-refractivity contribution is 0.633. The van der Waals surface area contributed by atoms with Gasteiger partial charge in [-0.25, -0.2) is 0 Å². The zero-order valence-electron chi connectivity index (χ0n) is 10.1. The van der Waals surface area contributed by atoms with Crippen molar-refractivity contribution in [1.29, 1.82) is 0 Å². The lowest BCUT2D eigenvalue weighted by atomic mass is 10.1. The van der Waals surface area contributed by atoms with E-state index in [1.165, 1.54) is 11.3 Å². The number of rotatable bonds is 2. The van der Waals surface area contributed by atoms with Crippen molar-refractivity contribution in [2.75, 3.05) is 5.32 Å². The molecule has 0 amide bonds. The molecule has 2 aromatic heterocycles. The van der Waals surface area contributed by atoms with Gasteiger partial charge < -0.3 is 10.3 Å². The SMILES string of the molecule is CC(C)(C)Nc1c[nH]c(=O)c(-c2cncs2)c1. The average molecular weight is 249 g/mol. The van der Waals surface area contributed by atoms with E-state index < -0.39 is 0 Å². The lowest BCUT2D eigenvalue weighted by Gasteiger charge is -2.22. The van der Waals surface area contributed by atoms with Crippen molar-refractivity contribution in [2.45, 2.75) is 26.3 Å². The Labute approximate surface area is 104 Å². The van der Waals surface area contributed by atoms with E-state index in [9.17, 15) is 4.79 Å². The van der Waals surface area contributed by atoms with Crippen molar-refractivity contribution in [2.24, 2.45) is 0 Å². The van der Waals surface area contributed by atoms with E-state index in [-0.39, 0.29) is 11.1 Å². The molecule has 0 aliphatic carbocycles. The van der Waals surface area contributed by atoms with Crippen LogP contribution in [-0.4, -0.2) is 15.5 Å². The molecule has 90 valence electrons. The molecule has 2 aromatic rings. The Hall–Kier alpha value is -1.62. The van der Waals surface area contributed by atoms with E-state index in [1.807, 2.05) is 6.07 Å². The topological polar surface area (TPSA) is 57.8 Å². The quantitative estimate of drug-likeness (QED) is 0.860. The van der Waals surface area contributed by atoms with Gasteiger partial charge in [0.1, 0.15) is 0 Å². The normalized spacial score (nSPS) is 11.5. The first-order valence-electron chi connectivity index (χ1n) is 5.35. The molecule has 2 heterocycles. The van der Waals surface area contributed by atoms with Crippen LogP contribution in [0.25, 0.3) is 10.4 Å². The van der Waals surface area contributed by atoms with Crippen LogP contribution in [0.4, 0.5) is 5.69 Å². The lowest BCUT2D eigenvalue weighted by Crippen LogP contribution is -2.26. The Morgan fingerprint density at radius 1 is 1.41 bits per heavy atom. The smallest absolute Gasteiger partial charge is 0.256 e. The average Bonchev–Trinajstić information content (AvgIpc) is 2.72. The Morgan fingerprint density at radius 3 is 2.76 bits per heavy atom. The highest BCUT2D eigenvalue weighted by Crippen LogP contribution is 2.22. The van der Waals surface area contributed by atoms with Crippen molar-refractivity contribution in [3.8, 4) is 10.4 Å². The van der Waals surface area contributed by atoms with Gasteiger partial charge in [-0.2, -0.15) is 0 Å². The third kappa shape index (κ3) is 2.94. The van der Waals surface area contributed by atoms with Gasteiger partial charge in [0, 0.05) is 17.9 Å². The second kappa shape index (κ2) is 4.33. The van der Waals surface area contributed by atoms with E-state index in [1.54, 1.807) is 17.9 Å². The summed E-state index contributed by atoms with van der Waals surface area (Å²) in [6, 6.07) is 1.86. The Balaban J connectivity index is 2.40. The van der Waals surface area contributed by atoms with Gasteiger partial charge in [0.2, 0.25) is 0 Å². The molecule has 2 N–H and O–H groups in total. The molecule has 5 heteroatoms. The molecule has 2 rings (SSSR count). The number of nitrogens with one attached hydrogen (secondary N) is 2. The highest BCUT2D eigenvalue weighted by molar-refractivity contribution is 7.13. The van der Waals surface area contributed by atoms with Crippen LogP contribution in [-0.2, 0) is 0 Å². The maximum Gasteiger partial charge on any atom is 0.256 e. The Morgan fingerprint density at radius 2 is 2.18 bits per heavy atom. The third-order valence-corrected chi connectivity index (χ3v) is 2.93. The van der Waals surface area contributed by atoms with Gasteiger partial charge in [-0.15, -0.1) is 11.3 Å². The number of aromatic amines is 1. The molecule has 0 spiro atoms. The molecule has 0 fully saturated rings. The molecule has 0 saturated carbocycles. The number of thiazole rings is 1. The minimum absolute atomic E-state index is 0.0385.